The Bertz CT molecular complexity index is 1300. The van der Waals surface area contributed by atoms with Gasteiger partial charge in [0.05, 0.1) is 15.4 Å². The molecule has 3 rings (SSSR count). The van der Waals surface area contributed by atoms with Crippen LogP contribution in [0.4, 0.5) is 4.79 Å². The van der Waals surface area contributed by atoms with Gasteiger partial charge in [-0.3, -0.25) is 4.68 Å². The highest BCUT2D eigenvalue weighted by atomic mass is 16.7. The molecule has 1 aromatic heterocycles. The Morgan fingerprint density at radius 2 is 1.86 bits per heavy atom. The van der Waals surface area contributed by atoms with E-state index in [1.807, 2.05) is 0 Å². The third-order valence-electron chi connectivity index (χ3n) is 5.68. The van der Waals surface area contributed by atoms with E-state index >= 15 is 0 Å². The molecule has 206 valence electrons. The van der Waals surface area contributed by atoms with E-state index in [0.717, 1.165) is 0 Å². The predicted molar refractivity (Wildman–Crippen MR) is 133 cm³/mol. The van der Waals surface area contributed by atoms with E-state index in [1.165, 1.54) is 28.9 Å². The van der Waals surface area contributed by atoms with Crippen molar-refractivity contribution in [2.24, 2.45) is 0 Å². The van der Waals surface area contributed by atoms with E-state index in [2.05, 4.69) is 9.84 Å². The Hall–Kier alpha value is -2.86. The molecular weight excluding hydrogens is 484 g/mol. The smallest absolute Gasteiger partial charge is 0.491 e. The van der Waals surface area contributed by atoms with Crippen LogP contribution in [0.3, 0.4) is 0 Å². The highest BCUT2D eigenvalue weighted by molar-refractivity contribution is 5.59. The zero-order valence-electron chi connectivity index (χ0n) is 29.0. The van der Waals surface area contributed by atoms with Crippen LogP contribution in [-0.4, -0.2) is 81.3 Å². The first-order chi connectivity index (χ1) is 20.6. The molecule has 0 unspecified atom stereocenters. The van der Waals surface area contributed by atoms with Crippen LogP contribution in [0.1, 0.15) is 68.3 Å². The normalized spacial score (nSPS) is 28.2. The van der Waals surface area contributed by atoms with Crippen LogP contribution in [0.5, 0.6) is 11.6 Å². The largest absolute Gasteiger partial charge is 0.508 e. The second-order valence-electron chi connectivity index (χ2n) is 8.61. The molecular formula is C26H38N2O9. The number of nitrogens with zero attached hydrogens (tertiary/aromatic N) is 2. The molecule has 0 saturated carbocycles. The van der Waals surface area contributed by atoms with Gasteiger partial charge in [0, 0.05) is 31.9 Å². The number of ether oxygens (including phenoxy) is 5. The van der Waals surface area contributed by atoms with Crippen LogP contribution in [0.25, 0.3) is 0 Å². The van der Waals surface area contributed by atoms with E-state index in [9.17, 15) is 20.1 Å². The van der Waals surface area contributed by atoms with Crippen LogP contribution >= 0.6 is 0 Å². The number of aliphatic hydroxyl groups is 3. The number of aromatic nitrogens is 2. The number of carbonyl (C=O) groups is 1. The van der Waals surface area contributed by atoms with Crippen LogP contribution < -0.4 is 9.47 Å². The highest BCUT2D eigenvalue weighted by Gasteiger charge is 2.46. The van der Waals surface area contributed by atoms with E-state index in [-0.39, 0.29) is 24.7 Å². The van der Waals surface area contributed by atoms with Crippen molar-refractivity contribution in [2.75, 3.05) is 13.2 Å². The minimum Gasteiger partial charge on any atom is -0.491 e. The molecule has 0 radical (unpaired) electrons. The van der Waals surface area contributed by atoms with Crippen molar-refractivity contribution in [1.82, 2.24) is 9.78 Å². The van der Waals surface area contributed by atoms with Crippen molar-refractivity contribution >= 4 is 6.16 Å². The Morgan fingerprint density at radius 3 is 2.49 bits per heavy atom. The summed E-state index contributed by atoms with van der Waals surface area (Å²) in [5.41, 5.74) is 1.50. The average Bonchev–Trinajstić information content (AvgIpc) is 3.23. The van der Waals surface area contributed by atoms with Gasteiger partial charge in [0.1, 0.15) is 36.8 Å². The fourth-order valence-corrected chi connectivity index (χ4v) is 3.81. The van der Waals surface area contributed by atoms with Crippen LogP contribution in [0.15, 0.2) is 24.3 Å². The number of hydrogen-bond acceptors (Lipinski definition) is 10. The van der Waals surface area contributed by atoms with E-state index in [1.54, 1.807) is 27.7 Å². The summed E-state index contributed by atoms with van der Waals surface area (Å²) in [7, 11) is 0. The summed E-state index contributed by atoms with van der Waals surface area (Å²) < 4.78 is 89.4. The van der Waals surface area contributed by atoms with Gasteiger partial charge < -0.3 is 39.0 Å². The number of aliphatic hydroxyl groups excluding tert-OH is 3. The third-order valence-corrected chi connectivity index (χ3v) is 5.68. The number of carbonyl (C=O) groups excluding carboxylic acids is 1. The van der Waals surface area contributed by atoms with Crippen molar-refractivity contribution in [3.63, 3.8) is 0 Å². The summed E-state index contributed by atoms with van der Waals surface area (Å²) in [5, 5.41) is 35.8. The van der Waals surface area contributed by atoms with Crippen LogP contribution in [0.2, 0.25) is 0 Å². The molecule has 11 nitrogen and oxygen atoms in total. The molecule has 1 aliphatic heterocycles. The Kier molecular flexibility index (Phi) is 6.55. The predicted octanol–water partition coefficient (Wildman–Crippen LogP) is 2.51. The quantitative estimate of drug-likeness (QED) is 0.392. The molecule has 11 heteroatoms. The summed E-state index contributed by atoms with van der Waals surface area (Å²) in [5.74, 6) is -0.250. The van der Waals surface area contributed by atoms with Crippen LogP contribution in [0, 0.1) is 6.92 Å². The highest BCUT2D eigenvalue weighted by Crippen LogP contribution is 2.31. The molecule has 0 amide bonds. The third kappa shape index (κ3) is 7.13. The second kappa shape index (κ2) is 12.6. The molecule has 0 spiro atoms. The molecule has 1 aromatic carbocycles. The average molecular weight is 531 g/mol. The summed E-state index contributed by atoms with van der Waals surface area (Å²) in [4.78, 5) is 11.6. The van der Waals surface area contributed by atoms with E-state index < -0.39 is 69.3 Å². The van der Waals surface area contributed by atoms with Gasteiger partial charge in [0.25, 0.3) is 0 Å². The van der Waals surface area contributed by atoms with Gasteiger partial charge in [-0.15, -0.1) is 5.10 Å². The van der Waals surface area contributed by atoms with Gasteiger partial charge in [0.2, 0.25) is 12.2 Å². The van der Waals surface area contributed by atoms with E-state index in [0.29, 0.717) is 16.8 Å². The van der Waals surface area contributed by atoms with E-state index in [4.69, 9.17) is 29.9 Å². The summed E-state index contributed by atoms with van der Waals surface area (Å²) in [6.45, 7) is -0.650. The maximum absolute atomic E-state index is 11.6. The molecule has 2 heterocycles. The summed E-state index contributed by atoms with van der Waals surface area (Å²) in [6.07, 6.45) is -12.2. The topological polar surface area (TPSA) is 142 Å². The molecule has 1 aliphatic rings. The maximum Gasteiger partial charge on any atom is 0.508 e. The lowest BCUT2D eigenvalue weighted by Crippen LogP contribution is -2.60. The van der Waals surface area contributed by atoms with Gasteiger partial charge in [-0.05, 0) is 59.1 Å². The molecule has 5 atom stereocenters. The van der Waals surface area contributed by atoms with Crippen molar-refractivity contribution < 1.29 is 54.8 Å². The Labute approximate surface area is 228 Å². The minimum absolute atomic E-state index is 0.0440. The fraction of sp³-hybridized carbons (Fsp3) is 0.615. The molecule has 37 heavy (non-hydrogen) atoms. The first-order valence-corrected chi connectivity index (χ1v) is 11.6. The molecule has 1 saturated heterocycles. The lowest BCUT2D eigenvalue weighted by Gasteiger charge is -2.39. The van der Waals surface area contributed by atoms with Gasteiger partial charge in [-0.25, -0.2) is 4.79 Å². The standard InChI is InChI=1S/C26H38N2O9/c1-7-33-26(32)34-13-20-21(29)22(30)23(31)25(36-20)37-24-19(16(6)28(27-24)14(2)3)12-17-8-10-18(11-9-17)35-15(4)5/h8-11,14-15,20-23,25,29-31H,7,12-13H2,1-6H3/t20-,21-,22+,23-,25+/m1/s1/i4D3,5D3,14D,15D. The molecule has 1 fully saturated rings. The fourth-order valence-electron chi connectivity index (χ4n) is 3.81. The van der Waals surface area contributed by atoms with Gasteiger partial charge >= 0.3 is 6.16 Å². The number of rotatable bonds is 10. The lowest BCUT2D eigenvalue weighted by atomic mass is 9.99. The van der Waals surface area contributed by atoms with Crippen molar-refractivity contribution in [3.8, 4) is 11.6 Å². The molecule has 0 bridgehead atoms. The van der Waals surface area contributed by atoms with Crippen molar-refractivity contribution in [3.05, 3.63) is 41.1 Å². The molecule has 2 aromatic rings. The van der Waals surface area contributed by atoms with Gasteiger partial charge in [-0.2, -0.15) is 0 Å². The Balaban J connectivity index is 1.89. The Morgan fingerprint density at radius 1 is 1.16 bits per heavy atom. The van der Waals surface area contributed by atoms with Gasteiger partial charge in [0.15, 0.2) is 0 Å². The van der Waals surface area contributed by atoms with Crippen LogP contribution in [-0.2, 0) is 20.6 Å². The molecule has 3 N–H and O–H groups in total. The number of benzene rings is 1. The monoisotopic (exact) mass is 530 g/mol. The van der Waals surface area contributed by atoms with Crippen molar-refractivity contribution in [2.45, 2.75) is 90.6 Å². The molecule has 0 aliphatic carbocycles. The summed E-state index contributed by atoms with van der Waals surface area (Å²) >= 11 is 0. The van der Waals surface area contributed by atoms with Crippen molar-refractivity contribution in [1.29, 1.82) is 0 Å². The summed E-state index contributed by atoms with van der Waals surface area (Å²) in [6, 6.07) is 4.37. The second-order valence-corrected chi connectivity index (χ2v) is 8.61. The minimum atomic E-state index is -3.28. The zero-order chi connectivity index (χ0) is 34.1. The SMILES string of the molecule is [2H]C(C)(C)n1nc(O[C@@H]2O[C@H](COC(=O)OCC)[C@@H](O)[C@H](O)[C@H]2O)c(Cc2ccc(OC([2H])(C([2H])([2H])[2H])C([2H])([2H])[2H])cc2)c1C. The first-order valence-electron chi connectivity index (χ1n) is 15.6. The zero-order valence-corrected chi connectivity index (χ0v) is 21.0. The van der Waals surface area contributed by atoms with Gasteiger partial charge in [-0.1, -0.05) is 12.1 Å². The lowest BCUT2D eigenvalue weighted by molar-refractivity contribution is -0.278. The first kappa shape index (κ1) is 19.2. The maximum atomic E-state index is 11.6. The number of hydrogen-bond donors (Lipinski definition) is 3.